The van der Waals surface area contributed by atoms with Gasteiger partial charge in [-0.1, -0.05) is 24.3 Å². The zero-order chi connectivity index (χ0) is 17.6. The molecule has 3 aromatic rings. The summed E-state index contributed by atoms with van der Waals surface area (Å²) in [4.78, 5) is 4.20. The van der Waals surface area contributed by atoms with Gasteiger partial charge >= 0.3 is 6.18 Å². The molecule has 1 saturated carbocycles. The van der Waals surface area contributed by atoms with Crippen LogP contribution in [0, 0.1) is 5.82 Å². The maximum absolute atomic E-state index is 14.3. The van der Waals surface area contributed by atoms with E-state index in [2.05, 4.69) is 16.4 Å². The van der Waals surface area contributed by atoms with E-state index in [4.69, 9.17) is 0 Å². The van der Waals surface area contributed by atoms with E-state index >= 15 is 0 Å². The van der Waals surface area contributed by atoms with Crippen molar-refractivity contribution in [1.82, 2.24) is 4.98 Å². The van der Waals surface area contributed by atoms with Crippen molar-refractivity contribution in [3.05, 3.63) is 65.6 Å². The van der Waals surface area contributed by atoms with E-state index in [0.29, 0.717) is 11.7 Å². The first-order chi connectivity index (χ1) is 11.9. The summed E-state index contributed by atoms with van der Waals surface area (Å²) in [7, 11) is 0. The second kappa shape index (κ2) is 5.72. The Bertz CT molecular complexity index is 946. The smallest absolute Gasteiger partial charge is 0.337 e. The summed E-state index contributed by atoms with van der Waals surface area (Å²) >= 11 is 0. The van der Waals surface area contributed by atoms with Gasteiger partial charge in [-0.15, -0.1) is 0 Å². The second-order valence-electron chi connectivity index (χ2n) is 6.17. The summed E-state index contributed by atoms with van der Waals surface area (Å²) in [6.45, 7) is 0. The molecule has 128 valence electrons. The number of halogens is 4. The van der Waals surface area contributed by atoms with E-state index in [1.807, 2.05) is 18.2 Å². The average molecular weight is 346 g/mol. The molecule has 0 saturated heterocycles. The number of fused-ring (bicyclic) bond motifs is 1. The number of anilines is 2. The normalized spacial score (nSPS) is 14.7. The fourth-order valence-corrected chi connectivity index (χ4v) is 3.06. The first kappa shape index (κ1) is 15.9. The molecule has 2 aromatic carbocycles. The molecule has 0 amide bonds. The van der Waals surface area contributed by atoms with Gasteiger partial charge in [0.1, 0.15) is 5.82 Å². The van der Waals surface area contributed by atoms with Gasteiger partial charge in [-0.2, -0.15) is 13.2 Å². The van der Waals surface area contributed by atoms with Gasteiger partial charge in [0.2, 0.25) is 0 Å². The minimum absolute atomic E-state index is 0.244. The first-order valence-corrected chi connectivity index (χ1v) is 7.95. The standard InChI is InChI=1S/C19H14F4N2/c20-17-15(19(21,22)23)5-2-6-16(17)25-18-14-4-1-3-12(11-7-8-11)13(14)9-10-24-18/h1-6,9-11H,7-8H2,(H,24,25). The number of rotatable bonds is 3. The quantitative estimate of drug-likeness (QED) is 0.587. The van der Waals surface area contributed by atoms with Crippen LogP contribution in [0.15, 0.2) is 48.7 Å². The molecule has 1 N–H and O–H groups in total. The Morgan fingerprint density at radius 3 is 2.44 bits per heavy atom. The van der Waals surface area contributed by atoms with Crippen LogP contribution in [0.25, 0.3) is 10.8 Å². The zero-order valence-electron chi connectivity index (χ0n) is 13.1. The van der Waals surface area contributed by atoms with Gasteiger partial charge in [0.05, 0.1) is 11.3 Å². The molecular weight excluding hydrogens is 332 g/mol. The Morgan fingerprint density at radius 2 is 1.72 bits per heavy atom. The van der Waals surface area contributed by atoms with Crippen molar-refractivity contribution in [2.24, 2.45) is 0 Å². The molecule has 1 aliphatic rings. The predicted octanol–water partition coefficient (Wildman–Crippen LogP) is 6.01. The molecule has 1 heterocycles. The number of pyridine rings is 1. The van der Waals surface area contributed by atoms with Gasteiger partial charge in [-0.05, 0) is 47.9 Å². The molecule has 0 radical (unpaired) electrons. The van der Waals surface area contributed by atoms with Crippen LogP contribution in [-0.2, 0) is 6.18 Å². The number of aromatic nitrogens is 1. The van der Waals surface area contributed by atoms with Crippen molar-refractivity contribution in [2.45, 2.75) is 24.9 Å². The van der Waals surface area contributed by atoms with Crippen molar-refractivity contribution in [1.29, 1.82) is 0 Å². The number of nitrogens with one attached hydrogen (secondary N) is 1. The molecule has 0 spiro atoms. The highest BCUT2D eigenvalue weighted by atomic mass is 19.4. The first-order valence-electron chi connectivity index (χ1n) is 7.95. The SMILES string of the molecule is Fc1c(Nc2nccc3c(C4CC4)cccc23)cccc1C(F)(F)F. The second-order valence-corrected chi connectivity index (χ2v) is 6.17. The Morgan fingerprint density at radius 1 is 0.960 bits per heavy atom. The van der Waals surface area contributed by atoms with Crippen LogP contribution in [0.4, 0.5) is 29.1 Å². The van der Waals surface area contributed by atoms with E-state index in [1.165, 1.54) is 17.7 Å². The molecule has 0 bridgehead atoms. The van der Waals surface area contributed by atoms with Crippen LogP contribution >= 0.6 is 0 Å². The van der Waals surface area contributed by atoms with E-state index in [1.54, 1.807) is 6.20 Å². The number of nitrogens with zero attached hydrogens (tertiary/aromatic N) is 1. The zero-order valence-corrected chi connectivity index (χ0v) is 13.1. The molecular formula is C19H14F4N2. The summed E-state index contributed by atoms with van der Waals surface area (Å²) in [6.07, 6.45) is -0.895. The average Bonchev–Trinajstić information content (AvgIpc) is 3.40. The largest absolute Gasteiger partial charge is 0.419 e. The minimum atomic E-state index is -4.74. The van der Waals surface area contributed by atoms with Crippen molar-refractivity contribution < 1.29 is 17.6 Å². The van der Waals surface area contributed by atoms with Crippen LogP contribution in [0.1, 0.15) is 29.9 Å². The summed E-state index contributed by atoms with van der Waals surface area (Å²) in [5, 5.41) is 4.49. The maximum atomic E-state index is 14.3. The Balaban J connectivity index is 1.78. The molecule has 6 heteroatoms. The monoisotopic (exact) mass is 346 g/mol. The molecule has 1 aromatic heterocycles. The van der Waals surface area contributed by atoms with Gasteiger partial charge in [-0.25, -0.2) is 9.37 Å². The fourth-order valence-electron chi connectivity index (χ4n) is 3.06. The van der Waals surface area contributed by atoms with Crippen molar-refractivity contribution in [3.8, 4) is 0 Å². The molecule has 0 atom stereocenters. The molecule has 1 aliphatic carbocycles. The highest BCUT2D eigenvalue weighted by Gasteiger charge is 2.35. The van der Waals surface area contributed by atoms with Crippen LogP contribution in [-0.4, -0.2) is 4.98 Å². The lowest BCUT2D eigenvalue weighted by Crippen LogP contribution is -2.10. The lowest BCUT2D eigenvalue weighted by atomic mass is 10.0. The highest BCUT2D eigenvalue weighted by molar-refractivity contribution is 5.95. The summed E-state index contributed by atoms with van der Waals surface area (Å²) < 4.78 is 52.9. The lowest BCUT2D eigenvalue weighted by molar-refractivity contribution is -0.139. The number of benzene rings is 2. The number of hydrogen-bond acceptors (Lipinski definition) is 2. The molecule has 0 unspecified atom stereocenters. The highest BCUT2D eigenvalue weighted by Crippen LogP contribution is 2.44. The van der Waals surface area contributed by atoms with E-state index < -0.39 is 17.6 Å². The third-order valence-electron chi connectivity index (χ3n) is 4.41. The van der Waals surface area contributed by atoms with Crippen molar-refractivity contribution >= 4 is 22.3 Å². The van der Waals surface area contributed by atoms with Gasteiger partial charge in [0.25, 0.3) is 0 Å². The van der Waals surface area contributed by atoms with Crippen LogP contribution in [0.2, 0.25) is 0 Å². The molecule has 25 heavy (non-hydrogen) atoms. The molecule has 2 nitrogen and oxygen atoms in total. The lowest BCUT2D eigenvalue weighted by Gasteiger charge is -2.14. The van der Waals surface area contributed by atoms with Gasteiger partial charge < -0.3 is 5.32 Å². The van der Waals surface area contributed by atoms with Crippen LogP contribution < -0.4 is 5.32 Å². The minimum Gasteiger partial charge on any atom is -0.337 e. The number of alkyl halides is 3. The Labute approximate surface area is 141 Å². The fraction of sp³-hybridized carbons (Fsp3) is 0.211. The van der Waals surface area contributed by atoms with E-state index in [-0.39, 0.29) is 5.69 Å². The van der Waals surface area contributed by atoms with Crippen molar-refractivity contribution in [3.63, 3.8) is 0 Å². The predicted molar refractivity (Wildman–Crippen MR) is 88.4 cm³/mol. The van der Waals surface area contributed by atoms with Gasteiger partial charge in [-0.3, -0.25) is 0 Å². The third kappa shape index (κ3) is 2.92. The topological polar surface area (TPSA) is 24.9 Å². The van der Waals surface area contributed by atoms with Crippen LogP contribution in [0.5, 0.6) is 0 Å². The van der Waals surface area contributed by atoms with Crippen LogP contribution in [0.3, 0.4) is 0 Å². The summed E-state index contributed by atoms with van der Waals surface area (Å²) in [6, 6.07) is 10.8. The molecule has 4 rings (SSSR count). The third-order valence-corrected chi connectivity index (χ3v) is 4.41. The molecule has 0 aliphatic heterocycles. The van der Waals surface area contributed by atoms with Gasteiger partial charge in [0, 0.05) is 11.6 Å². The van der Waals surface area contributed by atoms with Gasteiger partial charge in [0.15, 0.2) is 5.82 Å². The Hall–Kier alpha value is -2.63. The number of hydrogen-bond donors (Lipinski definition) is 1. The Kier molecular flexibility index (Phi) is 3.63. The van der Waals surface area contributed by atoms with E-state index in [9.17, 15) is 17.6 Å². The summed E-state index contributed by atoms with van der Waals surface area (Å²) in [5.74, 6) is -0.463. The maximum Gasteiger partial charge on any atom is 0.419 e. The van der Waals surface area contributed by atoms with E-state index in [0.717, 1.165) is 29.7 Å². The summed E-state index contributed by atoms with van der Waals surface area (Å²) in [5.41, 5.74) is -0.337. The molecule has 1 fully saturated rings. The van der Waals surface area contributed by atoms with Crippen molar-refractivity contribution in [2.75, 3.05) is 5.32 Å².